The Morgan fingerprint density at radius 3 is 3.00 bits per heavy atom. The van der Waals surface area contributed by atoms with Crippen molar-refractivity contribution in [3.63, 3.8) is 0 Å². The molecule has 0 saturated carbocycles. The van der Waals surface area contributed by atoms with Gasteiger partial charge < -0.3 is 10.6 Å². The largest absolute Gasteiger partial charge is 0.339 e. The van der Waals surface area contributed by atoms with Crippen LogP contribution in [0.2, 0.25) is 0 Å². The lowest BCUT2D eigenvalue weighted by atomic mass is 9.92. The molecule has 1 saturated heterocycles. The number of amides is 1. The first kappa shape index (κ1) is 10.3. The standard InChI is InChI=1S/C10H18N2O/c1-3-10(13)12-6-4-5-9(7-12)8(2)11/h3,8-9H,1,4-7,11H2,2H3. The molecule has 1 rings (SSSR count). The number of hydrogen-bond acceptors (Lipinski definition) is 2. The number of carbonyl (C=O) groups excluding carboxylic acids is 1. The van der Waals surface area contributed by atoms with Gasteiger partial charge >= 0.3 is 0 Å². The Morgan fingerprint density at radius 2 is 2.46 bits per heavy atom. The molecule has 0 aliphatic carbocycles. The van der Waals surface area contributed by atoms with Gasteiger partial charge in [-0.3, -0.25) is 4.79 Å². The Hall–Kier alpha value is -0.830. The second-order valence-electron chi connectivity index (χ2n) is 3.75. The van der Waals surface area contributed by atoms with E-state index in [-0.39, 0.29) is 11.9 Å². The first-order chi connectivity index (χ1) is 6.15. The van der Waals surface area contributed by atoms with Crippen LogP contribution in [0.15, 0.2) is 12.7 Å². The third-order valence-electron chi connectivity index (χ3n) is 2.69. The minimum Gasteiger partial charge on any atom is -0.339 e. The average molecular weight is 182 g/mol. The summed E-state index contributed by atoms with van der Waals surface area (Å²) in [6.07, 6.45) is 3.58. The topological polar surface area (TPSA) is 46.3 Å². The highest BCUT2D eigenvalue weighted by Crippen LogP contribution is 2.18. The van der Waals surface area contributed by atoms with Gasteiger partial charge in [0.05, 0.1) is 0 Å². The lowest BCUT2D eigenvalue weighted by Crippen LogP contribution is -2.44. The predicted molar refractivity (Wildman–Crippen MR) is 53.2 cm³/mol. The summed E-state index contributed by atoms with van der Waals surface area (Å²) in [7, 11) is 0. The highest BCUT2D eigenvalue weighted by molar-refractivity contribution is 5.87. The van der Waals surface area contributed by atoms with Crippen LogP contribution >= 0.6 is 0 Å². The van der Waals surface area contributed by atoms with E-state index in [0.717, 1.165) is 25.9 Å². The summed E-state index contributed by atoms with van der Waals surface area (Å²) < 4.78 is 0. The van der Waals surface area contributed by atoms with Gasteiger partial charge in [0.1, 0.15) is 0 Å². The van der Waals surface area contributed by atoms with Crippen molar-refractivity contribution < 1.29 is 4.79 Å². The van der Waals surface area contributed by atoms with Gasteiger partial charge in [-0.1, -0.05) is 6.58 Å². The van der Waals surface area contributed by atoms with Gasteiger partial charge in [-0.05, 0) is 31.8 Å². The van der Waals surface area contributed by atoms with E-state index in [1.54, 1.807) is 0 Å². The zero-order valence-electron chi connectivity index (χ0n) is 8.20. The van der Waals surface area contributed by atoms with E-state index in [4.69, 9.17) is 5.73 Å². The summed E-state index contributed by atoms with van der Waals surface area (Å²) in [5.74, 6) is 0.489. The molecule has 13 heavy (non-hydrogen) atoms. The molecule has 2 atom stereocenters. The highest BCUT2D eigenvalue weighted by atomic mass is 16.2. The maximum atomic E-state index is 11.3. The molecule has 74 valence electrons. The van der Waals surface area contributed by atoms with Crippen LogP contribution < -0.4 is 5.73 Å². The zero-order chi connectivity index (χ0) is 9.84. The molecular formula is C10H18N2O. The molecule has 1 heterocycles. The van der Waals surface area contributed by atoms with Crippen LogP contribution in [0.3, 0.4) is 0 Å². The van der Waals surface area contributed by atoms with Crippen molar-refractivity contribution in [3.8, 4) is 0 Å². The second kappa shape index (κ2) is 4.42. The third-order valence-corrected chi connectivity index (χ3v) is 2.69. The van der Waals surface area contributed by atoms with Gasteiger partial charge in [-0.15, -0.1) is 0 Å². The summed E-state index contributed by atoms with van der Waals surface area (Å²) in [6, 6.07) is 0.181. The summed E-state index contributed by atoms with van der Waals surface area (Å²) in [5.41, 5.74) is 5.81. The minimum absolute atomic E-state index is 0.0327. The molecule has 3 heteroatoms. The van der Waals surface area contributed by atoms with Crippen LogP contribution in [0.1, 0.15) is 19.8 Å². The smallest absolute Gasteiger partial charge is 0.245 e. The van der Waals surface area contributed by atoms with Crippen molar-refractivity contribution in [1.29, 1.82) is 0 Å². The van der Waals surface area contributed by atoms with Gasteiger partial charge in [0.15, 0.2) is 0 Å². The summed E-state index contributed by atoms with van der Waals surface area (Å²) in [5, 5.41) is 0. The van der Waals surface area contributed by atoms with Crippen LogP contribution in [0, 0.1) is 5.92 Å². The molecule has 0 aromatic heterocycles. The molecule has 1 fully saturated rings. The van der Waals surface area contributed by atoms with Crippen LogP contribution in [0.4, 0.5) is 0 Å². The number of hydrogen-bond donors (Lipinski definition) is 1. The van der Waals surface area contributed by atoms with E-state index >= 15 is 0 Å². The van der Waals surface area contributed by atoms with Crippen LogP contribution in [-0.4, -0.2) is 29.9 Å². The molecular weight excluding hydrogens is 164 g/mol. The molecule has 0 spiro atoms. The fourth-order valence-electron chi connectivity index (χ4n) is 1.77. The molecule has 0 bridgehead atoms. The Kier molecular flexibility index (Phi) is 3.48. The lowest BCUT2D eigenvalue weighted by molar-refractivity contribution is -0.127. The normalized spacial score (nSPS) is 25.4. The Labute approximate surface area is 79.6 Å². The fourth-order valence-corrected chi connectivity index (χ4v) is 1.77. The molecule has 1 amide bonds. The fraction of sp³-hybridized carbons (Fsp3) is 0.700. The maximum absolute atomic E-state index is 11.3. The van der Waals surface area contributed by atoms with Gasteiger partial charge in [-0.2, -0.15) is 0 Å². The Balaban J connectivity index is 2.51. The molecule has 0 radical (unpaired) electrons. The SMILES string of the molecule is C=CC(=O)N1CCCC(C(C)N)C1. The molecule has 1 aliphatic heterocycles. The van der Waals surface area contributed by atoms with Gasteiger partial charge in [-0.25, -0.2) is 0 Å². The number of nitrogens with zero attached hydrogens (tertiary/aromatic N) is 1. The molecule has 3 nitrogen and oxygen atoms in total. The first-order valence-corrected chi connectivity index (χ1v) is 4.82. The van der Waals surface area contributed by atoms with Gasteiger partial charge in [0.2, 0.25) is 5.91 Å². The quantitative estimate of drug-likeness (QED) is 0.641. The highest BCUT2D eigenvalue weighted by Gasteiger charge is 2.24. The summed E-state index contributed by atoms with van der Waals surface area (Å²) in [6.45, 7) is 7.14. The first-order valence-electron chi connectivity index (χ1n) is 4.82. The van der Waals surface area contributed by atoms with E-state index in [2.05, 4.69) is 6.58 Å². The summed E-state index contributed by atoms with van der Waals surface area (Å²) >= 11 is 0. The second-order valence-corrected chi connectivity index (χ2v) is 3.75. The summed E-state index contributed by atoms with van der Waals surface area (Å²) in [4.78, 5) is 13.1. The number of likely N-dealkylation sites (tertiary alicyclic amines) is 1. The average Bonchev–Trinajstić information content (AvgIpc) is 2.17. The Morgan fingerprint density at radius 1 is 1.77 bits per heavy atom. The van der Waals surface area contributed by atoms with Crippen molar-refractivity contribution in [2.24, 2.45) is 11.7 Å². The molecule has 0 aromatic rings. The van der Waals surface area contributed by atoms with Crippen molar-refractivity contribution >= 4 is 5.91 Å². The monoisotopic (exact) mass is 182 g/mol. The minimum atomic E-state index is 0.0327. The lowest BCUT2D eigenvalue weighted by Gasteiger charge is -2.33. The van der Waals surface area contributed by atoms with Crippen molar-refractivity contribution in [3.05, 3.63) is 12.7 Å². The predicted octanol–water partition coefficient (Wildman–Crippen LogP) is 0.758. The molecule has 1 aliphatic rings. The van der Waals surface area contributed by atoms with Crippen molar-refractivity contribution in [1.82, 2.24) is 4.90 Å². The van der Waals surface area contributed by atoms with E-state index in [9.17, 15) is 4.79 Å². The van der Waals surface area contributed by atoms with Crippen LogP contribution in [-0.2, 0) is 4.79 Å². The van der Waals surface area contributed by atoms with Crippen molar-refractivity contribution in [2.75, 3.05) is 13.1 Å². The van der Waals surface area contributed by atoms with Crippen LogP contribution in [0.5, 0.6) is 0 Å². The molecule has 2 N–H and O–H groups in total. The third kappa shape index (κ3) is 2.56. The van der Waals surface area contributed by atoms with E-state index < -0.39 is 0 Å². The number of carbonyl (C=O) groups is 1. The number of rotatable bonds is 2. The van der Waals surface area contributed by atoms with Gasteiger partial charge in [0.25, 0.3) is 0 Å². The molecule has 0 aromatic carbocycles. The van der Waals surface area contributed by atoms with Gasteiger partial charge in [0, 0.05) is 19.1 Å². The van der Waals surface area contributed by atoms with E-state index in [1.165, 1.54) is 6.08 Å². The zero-order valence-corrected chi connectivity index (χ0v) is 8.20. The Bertz CT molecular complexity index is 201. The number of nitrogens with two attached hydrogens (primary N) is 1. The molecule has 2 unspecified atom stereocenters. The van der Waals surface area contributed by atoms with E-state index in [1.807, 2.05) is 11.8 Å². The number of piperidine rings is 1. The maximum Gasteiger partial charge on any atom is 0.245 e. The van der Waals surface area contributed by atoms with Crippen LogP contribution in [0.25, 0.3) is 0 Å². The van der Waals surface area contributed by atoms with E-state index in [0.29, 0.717) is 5.92 Å². The van der Waals surface area contributed by atoms with Crippen molar-refractivity contribution in [2.45, 2.75) is 25.8 Å².